The Hall–Kier alpha value is -0.380. The lowest BCUT2D eigenvalue weighted by atomic mass is 10.0. The van der Waals surface area contributed by atoms with Gasteiger partial charge in [0.05, 0.1) is 15.9 Å². The molecule has 0 bridgehead atoms. The van der Waals surface area contributed by atoms with E-state index in [1.165, 1.54) is 11.3 Å². The number of thiophene rings is 1. The molecule has 72 valence electrons. The number of Topliss-reactive ketones (excluding diaryl/α,β-unsaturated/α-hetero) is 1. The number of carbonyl (C=O) groups is 1. The van der Waals surface area contributed by atoms with Crippen LogP contribution < -0.4 is 5.73 Å². The van der Waals surface area contributed by atoms with Crippen molar-refractivity contribution in [3.8, 4) is 0 Å². The number of hydrogen-bond acceptors (Lipinski definition) is 3. The van der Waals surface area contributed by atoms with Gasteiger partial charge < -0.3 is 5.73 Å². The number of halogens is 1. The van der Waals surface area contributed by atoms with Crippen LogP contribution >= 0.6 is 22.9 Å². The molecule has 0 spiro atoms. The maximum atomic E-state index is 11.7. The Labute approximate surface area is 86.7 Å². The van der Waals surface area contributed by atoms with Gasteiger partial charge in [0.1, 0.15) is 0 Å². The van der Waals surface area contributed by atoms with Gasteiger partial charge in [-0.2, -0.15) is 0 Å². The van der Waals surface area contributed by atoms with Crippen molar-refractivity contribution < 1.29 is 4.79 Å². The molecular weight excluding hydrogens is 206 g/mol. The van der Waals surface area contributed by atoms with E-state index in [2.05, 4.69) is 0 Å². The van der Waals surface area contributed by atoms with Crippen molar-refractivity contribution >= 4 is 28.7 Å². The summed E-state index contributed by atoms with van der Waals surface area (Å²) in [5.41, 5.74) is 5.72. The average molecular weight is 218 g/mol. The van der Waals surface area contributed by atoms with Crippen LogP contribution in [-0.4, -0.2) is 11.8 Å². The third-order valence-corrected chi connectivity index (χ3v) is 3.22. The van der Waals surface area contributed by atoms with E-state index in [0.29, 0.717) is 9.90 Å². The molecule has 0 aliphatic heterocycles. The van der Waals surface area contributed by atoms with E-state index in [4.69, 9.17) is 17.3 Å². The summed E-state index contributed by atoms with van der Waals surface area (Å²) < 4.78 is 0. The SMILES string of the molecule is CC(C)C(N)C(=O)c1sccc1Cl. The molecule has 1 rings (SSSR count). The molecule has 0 saturated carbocycles. The molecule has 0 radical (unpaired) electrons. The summed E-state index contributed by atoms with van der Waals surface area (Å²) in [7, 11) is 0. The zero-order valence-electron chi connectivity index (χ0n) is 7.58. The highest BCUT2D eigenvalue weighted by molar-refractivity contribution is 7.12. The van der Waals surface area contributed by atoms with Crippen LogP contribution in [0.25, 0.3) is 0 Å². The maximum absolute atomic E-state index is 11.7. The van der Waals surface area contributed by atoms with Gasteiger partial charge in [0, 0.05) is 0 Å². The van der Waals surface area contributed by atoms with Gasteiger partial charge in [-0.05, 0) is 17.4 Å². The largest absolute Gasteiger partial charge is 0.321 e. The second-order valence-corrected chi connectivity index (χ2v) is 4.56. The van der Waals surface area contributed by atoms with Crippen LogP contribution in [0.5, 0.6) is 0 Å². The van der Waals surface area contributed by atoms with Gasteiger partial charge in [-0.25, -0.2) is 0 Å². The smallest absolute Gasteiger partial charge is 0.191 e. The van der Waals surface area contributed by atoms with Crippen molar-refractivity contribution in [2.24, 2.45) is 11.7 Å². The van der Waals surface area contributed by atoms with Crippen LogP contribution in [0.3, 0.4) is 0 Å². The molecule has 1 aromatic heterocycles. The first-order valence-corrected chi connectivity index (χ1v) is 5.32. The van der Waals surface area contributed by atoms with Gasteiger partial charge in [-0.3, -0.25) is 4.79 Å². The molecule has 0 fully saturated rings. The summed E-state index contributed by atoms with van der Waals surface area (Å²) >= 11 is 7.16. The Balaban J connectivity index is 2.86. The van der Waals surface area contributed by atoms with Crippen molar-refractivity contribution in [3.05, 3.63) is 21.3 Å². The highest BCUT2D eigenvalue weighted by Gasteiger charge is 2.21. The number of ketones is 1. The third kappa shape index (κ3) is 2.30. The summed E-state index contributed by atoms with van der Waals surface area (Å²) in [5, 5.41) is 2.30. The highest BCUT2D eigenvalue weighted by Crippen LogP contribution is 2.24. The summed E-state index contributed by atoms with van der Waals surface area (Å²) in [4.78, 5) is 12.2. The molecule has 1 unspecified atom stereocenters. The predicted octanol–water partition coefficient (Wildman–Crippen LogP) is 2.57. The first kappa shape index (κ1) is 10.7. The van der Waals surface area contributed by atoms with Gasteiger partial charge in [0.2, 0.25) is 0 Å². The van der Waals surface area contributed by atoms with E-state index in [-0.39, 0.29) is 11.7 Å². The van der Waals surface area contributed by atoms with Crippen LogP contribution in [0.2, 0.25) is 5.02 Å². The van der Waals surface area contributed by atoms with Crippen molar-refractivity contribution in [3.63, 3.8) is 0 Å². The molecule has 2 N–H and O–H groups in total. The van der Waals surface area contributed by atoms with Crippen LogP contribution in [0.4, 0.5) is 0 Å². The lowest BCUT2D eigenvalue weighted by Gasteiger charge is -2.12. The van der Waals surface area contributed by atoms with E-state index in [1.807, 2.05) is 13.8 Å². The Morgan fingerprint density at radius 2 is 2.23 bits per heavy atom. The van der Waals surface area contributed by atoms with Crippen molar-refractivity contribution in [2.45, 2.75) is 19.9 Å². The average Bonchev–Trinajstić information content (AvgIpc) is 2.48. The molecule has 1 aromatic rings. The summed E-state index contributed by atoms with van der Waals surface area (Å²) in [6, 6.07) is 1.27. The fourth-order valence-electron chi connectivity index (χ4n) is 0.924. The van der Waals surface area contributed by atoms with Gasteiger partial charge >= 0.3 is 0 Å². The zero-order chi connectivity index (χ0) is 10.0. The molecule has 0 aromatic carbocycles. The van der Waals surface area contributed by atoms with Crippen LogP contribution in [0.1, 0.15) is 23.5 Å². The van der Waals surface area contributed by atoms with E-state index in [1.54, 1.807) is 11.4 Å². The Bertz CT molecular complexity index is 308. The Kier molecular flexibility index (Phi) is 3.47. The van der Waals surface area contributed by atoms with Crippen molar-refractivity contribution in [1.82, 2.24) is 0 Å². The standard InChI is InChI=1S/C9H12ClNOS/c1-5(2)7(11)8(12)9-6(10)3-4-13-9/h3-5,7H,11H2,1-2H3. The fourth-order valence-corrected chi connectivity index (χ4v) is 2.06. The molecule has 0 aliphatic carbocycles. The molecule has 0 amide bonds. The molecule has 0 saturated heterocycles. The molecular formula is C9H12ClNOS. The van der Waals surface area contributed by atoms with E-state index in [0.717, 1.165) is 0 Å². The quantitative estimate of drug-likeness (QED) is 0.791. The number of carbonyl (C=O) groups excluding carboxylic acids is 1. The van der Waals surface area contributed by atoms with Crippen LogP contribution in [-0.2, 0) is 0 Å². The van der Waals surface area contributed by atoms with Gasteiger partial charge in [-0.1, -0.05) is 25.4 Å². The van der Waals surface area contributed by atoms with Crippen molar-refractivity contribution in [1.29, 1.82) is 0 Å². The Morgan fingerprint density at radius 3 is 2.62 bits per heavy atom. The van der Waals surface area contributed by atoms with Gasteiger partial charge in [0.25, 0.3) is 0 Å². The summed E-state index contributed by atoms with van der Waals surface area (Å²) in [6.07, 6.45) is 0. The van der Waals surface area contributed by atoms with E-state index < -0.39 is 6.04 Å². The number of rotatable bonds is 3. The molecule has 4 heteroatoms. The lowest BCUT2D eigenvalue weighted by Crippen LogP contribution is -2.35. The molecule has 1 atom stereocenters. The third-order valence-electron chi connectivity index (χ3n) is 1.86. The predicted molar refractivity (Wildman–Crippen MR) is 56.5 cm³/mol. The minimum absolute atomic E-state index is 0.0602. The first-order valence-electron chi connectivity index (χ1n) is 4.06. The topological polar surface area (TPSA) is 43.1 Å². The Morgan fingerprint density at radius 1 is 1.62 bits per heavy atom. The first-order chi connectivity index (χ1) is 6.04. The second-order valence-electron chi connectivity index (χ2n) is 3.23. The number of hydrogen-bond donors (Lipinski definition) is 1. The second kappa shape index (κ2) is 4.22. The van der Waals surface area contributed by atoms with Gasteiger partial charge in [-0.15, -0.1) is 11.3 Å². The summed E-state index contributed by atoms with van der Waals surface area (Å²) in [6.45, 7) is 3.84. The van der Waals surface area contributed by atoms with Crippen molar-refractivity contribution in [2.75, 3.05) is 0 Å². The van der Waals surface area contributed by atoms with Gasteiger partial charge in [0.15, 0.2) is 5.78 Å². The lowest BCUT2D eigenvalue weighted by molar-refractivity contribution is 0.0945. The monoisotopic (exact) mass is 217 g/mol. The molecule has 1 heterocycles. The molecule has 13 heavy (non-hydrogen) atoms. The van der Waals surface area contributed by atoms with Crippen LogP contribution in [0.15, 0.2) is 11.4 Å². The van der Waals surface area contributed by atoms with E-state index in [9.17, 15) is 4.79 Å². The number of nitrogens with two attached hydrogens (primary N) is 1. The normalized spacial score (nSPS) is 13.3. The fraction of sp³-hybridized carbons (Fsp3) is 0.444. The maximum Gasteiger partial charge on any atom is 0.191 e. The molecule has 0 aliphatic rings. The van der Waals surface area contributed by atoms with E-state index >= 15 is 0 Å². The zero-order valence-corrected chi connectivity index (χ0v) is 9.15. The summed E-state index contributed by atoms with van der Waals surface area (Å²) in [5.74, 6) is 0.0840. The minimum atomic E-state index is -0.448. The molecule has 2 nitrogen and oxygen atoms in total. The minimum Gasteiger partial charge on any atom is -0.321 e. The highest BCUT2D eigenvalue weighted by atomic mass is 35.5. The van der Waals surface area contributed by atoms with Crippen LogP contribution in [0, 0.1) is 5.92 Å².